The van der Waals surface area contributed by atoms with Gasteiger partial charge in [0, 0.05) is 32.4 Å². The third kappa shape index (κ3) is 4.42. The highest BCUT2D eigenvalue weighted by molar-refractivity contribution is 5.88. The van der Waals surface area contributed by atoms with E-state index in [1.54, 1.807) is 25.1 Å². The lowest BCUT2D eigenvalue weighted by Crippen LogP contribution is -2.36. The molecule has 0 radical (unpaired) electrons. The highest BCUT2D eigenvalue weighted by Gasteiger charge is 2.13. The minimum Gasteiger partial charge on any atom is -0.478 e. The molecule has 0 aliphatic heterocycles. The zero-order chi connectivity index (χ0) is 15.1. The van der Waals surface area contributed by atoms with Gasteiger partial charge in [0.05, 0.1) is 6.54 Å². The van der Waals surface area contributed by atoms with Gasteiger partial charge in [-0.25, -0.2) is 4.79 Å². The third-order valence-corrected chi connectivity index (χ3v) is 2.89. The van der Waals surface area contributed by atoms with Gasteiger partial charge in [0.15, 0.2) is 0 Å². The number of aliphatic carboxylic acids is 1. The highest BCUT2D eigenvalue weighted by atomic mass is 16.4. The average Bonchev–Trinajstić information content (AvgIpc) is 2.42. The normalized spacial score (nSPS) is 10.6. The minimum atomic E-state index is -0.993. The van der Waals surface area contributed by atoms with Gasteiger partial charge in [-0.05, 0) is 24.6 Å². The number of amides is 1. The lowest BCUT2D eigenvalue weighted by molar-refractivity contribution is -0.131. The molecule has 1 rings (SSSR count). The molecule has 0 fully saturated rings. The van der Waals surface area contributed by atoms with E-state index < -0.39 is 5.97 Å². The first-order valence-electron chi connectivity index (χ1n) is 6.40. The van der Waals surface area contributed by atoms with Crippen molar-refractivity contribution >= 4 is 23.6 Å². The van der Waals surface area contributed by atoms with Crippen molar-refractivity contribution in [1.82, 2.24) is 4.90 Å². The standard InChI is InChI=1S/C15H20N2O3/c1-4-17(11-14(18)16(2)3)13-8-6-5-7-12(13)9-10-15(19)20/h5-10H,4,11H2,1-3H3,(H,19,20). The number of nitrogens with zero attached hydrogens (tertiary/aromatic N) is 2. The summed E-state index contributed by atoms with van der Waals surface area (Å²) in [4.78, 5) is 25.9. The van der Waals surface area contributed by atoms with Gasteiger partial charge in [-0.15, -0.1) is 0 Å². The summed E-state index contributed by atoms with van der Waals surface area (Å²) in [6.45, 7) is 2.89. The molecule has 0 unspecified atom stereocenters. The maximum Gasteiger partial charge on any atom is 0.328 e. The van der Waals surface area contributed by atoms with Crippen molar-refractivity contribution in [2.45, 2.75) is 6.92 Å². The van der Waals surface area contributed by atoms with Crippen molar-refractivity contribution in [2.24, 2.45) is 0 Å². The SMILES string of the molecule is CCN(CC(=O)N(C)C)c1ccccc1C=CC(=O)O. The molecule has 1 aromatic rings. The maximum atomic E-state index is 11.8. The Morgan fingerprint density at radius 2 is 1.90 bits per heavy atom. The van der Waals surface area contributed by atoms with Crippen molar-refractivity contribution in [1.29, 1.82) is 0 Å². The summed E-state index contributed by atoms with van der Waals surface area (Å²) in [5, 5.41) is 8.72. The largest absolute Gasteiger partial charge is 0.478 e. The molecular formula is C15H20N2O3. The predicted octanol–water partition coefficient (Wildman–Crippen LogP) is 1.70. The predicted molar refractivity (Wildman–Crippen MR) is 79.7 cm³/mol. The van der Waals surface area contributed by atoms with Crippen LogP contribution in [-0.4, -0.2) is 49.1 Å². The Bertz CT molecular complexity index is 510. The number of hydrogen-bond acceptors (Lipinski definition) is 3. The molecule has 1 N–H and O–H groups in total. The zero-order valence-electron chi connectivity index (χ0n) is 12.0. The van der Waals surface area contributed by atoms with Crippen LogP contribution in [0.25, 0.3) is 6.08 Å². The van der Waals surface area contributed by atoms with Crippen molar-refractivity contribution in [2.75, 3.05) is 32.1 Å². The van der Waals surface area contributed by atoms with Crippen LogP contribution in [0.5, 0.6) is 0 Å². The van der Waals surface area contributed by atoms with E-state index in [9.17, 15) is 9.59 Å². The third-order valence-electron chi connectivity index (χ3n) is 2.89. The molecule has 1 aromatic carbocycles. The van der Waals surface area contributed by atoms with Crippen LogP contribution in [0.1, 0.15) is 12.5 Å². The molecule has 0 saturated heterocycles. The Balaban J connectivity index is 3.03. The lowest BCUT2D eigenvalue weighted by atomic mass is 10.1. The summed E-state index contributed by atoms with van der Waals surface area (Å²) >= 11 is 0. The van der Waals surface area contributed by atoms with E-state index in [2.05, 4.69) is 0 Å². The summed E-state index contributed by atoms with van der Waals surface area (Å²) in [5.74, 6) is -0.990. The quantitative estimate of drug-likeness (QED) is 0.803. The van der Waals surface area contributed by atoms with Crippen LogP contribution in [0.2, 0.25) is 0 Å². The van der Waals surface area contributed by atoms with E-state index in [1.807, 2.05) is 36.1 Å². The van der Waals surface area contributed by atoms with Gasteiger partial charge >= 0.3 is 5.97 Å². The summed E-state index contributed by atoms with van der Waals surface area (Å²) in [5.41, 5.74) is 1.63. The van der Waals surface area contributed by atoms with E-state index in [-0.39, 0.29) is 12.5 Å². The van der Waals surface area contributed by atoms with Crippen LogP contribution in [0.15, 0.2) is 30.3 Å². The van der Waals surface area contributed by atoms with Gasteiger partial charge in [-0.2, -0.15) is 0 Å². The van der Waals surface area contributed by atoms with Crippen LogP contribution in [0.4, 0.5) is 5.69 Å². The number of carbonyl (C=O) groups is 2. The number of anilines is 1. The molecule has 0 bridgehead atoms. The molecule has 0 heterocycles. The fraction of sp³-hybridized carbons (Fsp3) is 0.333. The first-order valence-corrected chi connectivity index (χ1v) is 6.40. The molecule has 108 valence electrons. The molecular weight excluding hydrogens is 256 g/mol. The number of carboxylic acids is 1. The first kappa shape index (κ1) is 15.8. The van der Waals surface area contributed by atoms with Gasteiger partial charge in [0.1, 0.15) is 0 Å². The van der Waals surface area contributed by atoms with E-state index >= 15 is 0 Å². The summed E-state index contributed by atoms with van der Waals surface area (Å²) in [6, 6.07) is 7.43. The topological polar surface area (TPSA) is 60.9 Å². The van der Waals surface area contributed by atoms with E-state index in [1.165, 1.54) is 0 Å². The lowest BCUT2D eigenvalue weighted by Gasteiger charge is -2.25. The number of rotatable bonds is 6. The van der Waals surface area contributed by atoms with E-state index in [0.717, 1.165) is 17.3 Å². The van der Waals surface area contributed by atoms with Crippen LogP contribution in [0.3, 0.4) is 0 Å². The molecule has 0 aliphatic rings. The number of benzene rings is 1. The molecule has 0 spiro atoms. The van der Waals surface area contributed by atoms with Gasteiger partial charge < -0.3 is 14.9 Å². The highest BCUT2D eigenvalue weighted by Crippen LogP contribution is 2.21. The Morgan fingerprint density at radius 3 is 2.45 bits per heavy atom. The van der Waals surface area contributed by atoms with Gasteiger partial charge in [-0.3, -0.25) is 4.79 Å². The molecule has 20 heavy (non-hydrogen) atoms. The molecule has 0 aromatic heterocycles. The van der Waals surface area contributed by atoms with Gasteiger partial charge in [0.25, 0.3) is 0 Å². The Hall–Kier alpha value is -2.30. The molecule has 5 nitrogen and oxygen atoms in total. The first-order chi connectivity index (χ1) is 9.45. The minimum absolute atomic E-state index is 0.00358. The monoisotopic (exact) mass is 276 g/mol. The fourth-order valence-corrected chi connectivity index (χ4v) is 1.75. The summed E-state index contributed by atoms with van der Waals surface area (Å²) in [7, 11) is 3.43. The number of carboxylic acid groups (broad SMARTS) is 1. The molecule has 1 amide bonds. The van der Waals surface area contributed by atoms with Gasteiger partial charge in [0.2, 0.25) is 5.91 Å². The Morgan fingerprint density at radius 1 is 1.25 bits per heavy atom. The number of hydrogen-bond donors (Lipinski definition) is 1. The van der Waals surface area contributed by atoms with E-state index in [0.29, 0.717) is 6.54 Å². The van der Waals surface area contributed by atoms with Crippen LogP contribution < -0.4 is 4.90 Å². The Labute approximate surface area is 119 Å². The van der Waals surface area contributed by atoms with Crippen molar-refractivity contribution < 1.29 is 14.7 Å². The number of para-hydroxylation sites is 1. The number of likely N-dealkylation sites (N-methyl/N-ethyl adjacent to an activating group) is 2. The summed E-state index contributed by atoms with van der Waals surface area (Å²) in [6.07, 6.45) is 2.64. The van der Waals surface area contributed by atoms with Crippen molar-refractivity contribution in [3.63, 3.8) is 0 Å². The fourth-order valence-electron chi connectivity index (χ4n) is 1.75. The van der Waals surface area contributed by atoms with Crippen molar-refractivity contribution in [3.8, 4) is 0 Å². The zero-order valence-corrected chi connectivity index (χ0v) is 12.0. The van der Waals surface area contributed by atoms with Crippen LogP contribution in [0, 0.1) is 0 Å². The molecule has 0 aliphatic carbocycles. The molecule has 0 saturated carbocycles. The van der Waals surface area contributed by atoms with E-state index in [4.69, 9.17) is 5.11 Å². The van der Waals surface area contributed by atoms with Crippen LogP contribution >= 0.6 is 0 Å². The second kappa shape index (κ2) is 7.33. The maximum absolute atomic E-state index is 11.8. The molecule has 5 heteroatoms. The van der Waals surface area contributed by atoms with Crippen LogP contribution in [-0.2, 0) is 9.59 Å². The van der Waals surface area contributed by atoms with Crippen molar-refractivity contribution in [3.05, 3.63) is 35.9 Å². The average molecular weight is 276 g/mol. The second-order valence-corrected chi connectivity index (χ2v) is 4.53. The smallest absolute Gasteiger partial charge is 0.328 e. The Kier molecular flexibility index (Phi) is 5.77. The molecule has 0 atom stereocenters. The second-order valence-electron chi connectivity index (χ2n) is 4.53. The number of carbonyl (C=O) groups excluding carboxylic acids is 1. The summed E-state index contributed by atoms with van der Waals surface area (Å²) < 4.78 is 0. The van der Waals surface area contributed by atoms with Gasteiger partial charge in [-0.1, -0.05) is 18.2 Å².